The second-order valence-corrected chi connectivity index (χ2v) is 8.31. The molecule has 0 spiro atoms. The highest BCUT2D eigenvalue weighted by Crippen LogP contribution is 2.43. The van der Waals surface area contributed by atoms with E-state index >= 15 is 0 Å². The first-order valence-corrected chi connectivity index (χ1v) is 10.9. The number of Topliss-reactive ketones (excluding diaryl/α,β-unsaturated/α-hetero) is 1. The summed E-state index contributed by atoms with van der Waals surface area (Å²) in [7, 11) is 1.55. The summed E-state index contributed by atoms with van der Waals surface area (Å²) in [6.45, 7) is 1.71. The molecule has 1 N–H and O–H groups in total. The molecular formula is C26H24F3NO4. The lowest BCUT2D eigenvalue weighted by molar-refractivity contribution is -0.141. The van der Waals surface area contributed by atoms with Crippen molar-refractivity contribution in [1.29, 1.82) is 0 Å². The van der Waals surface area contributed by atoms with Gasteiger partial charge >= 0.3 is 12.1 Å². The minimum absolute atomic E-state index is 0.000803. The van der Waals surface area contributed by atoms with Crippen molar-refractivity contribution in [2.45, 2.75) is 44.9 Å². The van der Waals surface area contributed by atoms with Crippen molar-refractivity contribution in [1.82, 2.24) is 5.32 Å². The number of rotatable bonds is 5. The van der Waals surface area contributed by atoms with Crippen LogP contribution in [0.4, 0.5) is 13.2 Å². The van der Waals surface area contributed by atoms with E-state index in [1.165, 1.54) is 12.1 Å². The molecular weight excluding hydrogens is 447 g/mol. The number of benzene rings is 2. The molecule has 0 fully saturated rings. The molecule has 34 heavy (non-hydrogen) atoms. The molecule has 1 aliphatic carbocycles. The van der Waals surface area contributed by atoms with Gasteiger partial charge < -0.3 is 14.8 Å². The SMILES string of the molecule is COc1ccc(COC(=O)C2=C(C)NC3=C(C(=O)CCC3)C2c2ccc(C(F)(F)F)cc2)cc1. The molecule has 2 aliphatic rings. The standard InChI is InChI=1S/C26H24F3NO4/c1-15-22(25(32)34-14-16-6-12-19(33-2)13-7-16)23(24-20(30-15)4-3-5-21(24)31)17-8-10-18(11-9-17)26(27,28)29/h6-13,23,30H,3-5,14H2,1-2H3. The summed E-state index contributed by atoms with van der Waals surface area (Å²) >= 11 is 0. The van der Waals surface area contributed by atoms with Crippen molar-refractivity contribution in [3.8, 4) is 5.75 Å². The Morgan fingerprint density at radius 1 is 1.06 bits per heavy atom. The number of halogens is 3. The van der Waals surface area contributed by atoms with E-state index in [1.54, 1.807) is 38.3 Å². The average Bonchev–Trinajstić information content (AvgIpc) is 2.81. The van der Waals surface area contributed by atoms with Gasteiger partial charge in [-0.3, -0.25) is 4.79 Å². The zero-order valence-corrected chi connectivity index (χ0v) is 18.8. The Hall–Kier alpha value is -3.55. The van der Waals surface area contributed by atoms with Crippen molar-refractivity contribution in [3.05, 3.63) is 87.8 Å². The van der Waals surface area contributed by atoms with Crippen molar-refractivity contribution in [2.24, 2.45) is 0 Å². The predicted molar refractivity (Wildman–Crippen MR) is 119 cm³/mol. The van der Waals surface area contributed by atoms with Gasteiger partial charge in [0.25, 0.3) is 0 Å². The minimum atomic E-state index is -4.48. The summed E-state index contributed by atoms with van der Waals surface area (Å²) in [5.74, 6) is -0.875. The molecule has 1 unspecified atom stereocenters. The van der Waals surface area contributed by atoms with Gasteiger partial charge in [0, 0.05) is 29.3 Å². The van der Waals surface area contributed by atoms with Gasteiger partial charge in [-0.2, -0.15) is 13.2 Å². The molecule has 2 aromatic rings. The smallest absolute Gasteiger partial charge is 0.416 e. The van der Waals surface area contributed by atoms with E-state index < -0.39 is 23.6 Å². The van der Waals surface area contributed by atoms with Crippen LogP contribution in [0.2, 0.25) is 0 Å². The number of alkyl halides is 3. The molecule has 0 amide bonds. The van der Waals surface area contributed by atoms with Crippen LogP contribution in [0, 0.1) is 0 Å². The summed E-state index contributed by atoms with van der Waals surface area (Å²) in [5, 5.41) is 3.17. The highest BCUT2D eigenvalue weighted by molar-refractivity contribution is 6.03. The monoisotopic (exact) mass is 471 g/mol. The van der Waals surface area contributed by atoms with E-state index in [9.17, 15) is 22.8 Å². The lowest BCUT2D eigenvalue weighted by atomic mass is 9.75. The van der Waals surface area contributed by atoms with Crippen LogP contribution >= 0.6 is 0 Å². The summed E-state index contributed by atoms with van der Waals surface area (Å²) in [5.41, 5.74) is 2.28. The zero-order chi connectivity index (χ0) is 24.5. The van der Waals surface area contributed by atoms with Gasteiger partial charge in [0.05, 0.1) is 18.2 Å². The maximum atomic E-state index is 13.2. The number of allylic oxidation sites excluding steroid dienone is 3. The van der Waals surface area contributed by atoms with Crippen LogP contribution in [0.1, 0.15) is 48.8 Å². The number of methoxy groups -OCH3 is 1. The topological polar surface area (TPSA) is 64.6 Å². The average molecular weight is 471 g/mol. The zero-order valence-electron chi connectivity index (χ0n) is 18.8. The Kier molecular flexibility index (Phi) is 6.50. The Labute approximate surface area is 195 Å². The third-order valence-electron chi connectivity index (χ3n) is 6.10. The van der Waals surface area contributed by atoms with E-state index in [2.05, 4.69) is 5.32 Å². The number of nitrogens with one attached hydrogen (secondary N) is 1. The molecule has 0 radical (unpaired) electrons. The second kappa shape index (κ2) is 9.37. The first kappa shape index (κ1) is 23.6. The second-order valence-electron chi connectivity index (χ2n) is 8.31. The lowest BCUT2D eigenvalue weighted by Gasteiger charge is -2.34. The fraction of sp³-hybridized carbons (Fsp3) is 0.308. The van der Waals surface area contributed by atoms with E-state index in [0.717, 1.165) is 17.7 Å². The molecule has 1 heterocycles. The van der Waals surface area contributed by atoms with Crippen molar-refractivity contribution >= 4 is 11.8 Å². The van der Waals surface area contributed by atoms with Gasteiger partial charge in [0.1, 0.15) is 12.4 Å². The van der Waals surface area contributed by atoms with E-state index in [4.69, 9.17) is 9.47 Å². The van der Waals surface area contributed by atoms with Gasteiger partial charge in [-0.15, -0.1) is 0 Å². The van der Waals surface area contributed by atoms with Gasteiger partial charge in [-0.25, -0.2) is 4.79 Å². The first-order valence-electron chi connectivity index (χ1n) is 10.9. The number of dihydropyridines is 1. The number of hydrogen-bond acceptors (Lipinski definition) is 5. The summed E-state index contributed by atoms with van der Waals surface area (Å²) in [6, 6.07) is 11.6. The maximum Gasteiger partial charge on any atom is 0.416 e. The van der Waals surface area contributed by atoms with Gasteiger partial charge in [-0.05, 0) is 55.2 Å². The van der Waals surface area contributed by atoms with Gasteiger partial charge in [0.15, 0.2) is 5.78 Å². The molecule has 5 nitrogen and oxygen atoms in total. The van der Waals surface area contributed by atoms with Crippen molar-refractivity contribution < 1.29 is 32.2 Å². The number of ketones is 1. The molecule has 2 aromatic carbocycles. The fourth-order valence-corrected chi connectivity index (χ4v) is 4.40. The molecule has 0 bridgehead atoms. The highest BCUT2D eigenvalue weighted by Gasteiger charge is 2.39. The largest absolute Gasteiger partial charge is 0.497 e. The maximum absolute atomic E-state index is 13.2. The molecule has 1 aliphatic heterocycles. The number of carbonyl (C=O) groups is 2. The number of esters is 1. The van der Waals surface area contributed by atoms with Crippen LogP contribution < -0.4 is 10.1 Å². The van der Waals surface area contributed by atoms with Crippen molar-refractivity contribution in [2.75, 3.05) is 7.11 Å². The Morgan fingerprint density at radius 2 is 1.74 bits per heavy atom. The normalized spacial score (nSPS) is 18.4. The molecule has 0 saturated heterocycles. The Bertz CT molecular complexity index is 1160. The Balaban J connectivity index is 1.67. The molecule has 1 atom stereocenters. The Morgan fingerprint density at radius 3 is 2.35 bits per heavy atom. The van der Waals surface area contributed by atoms with Crippen LogP contribution in [0.5, 0.6) is 5.75 Å². The summed E-state index contributed by atoms with van der Waals surface area (Å²) in [4.78, 5) is 26.1. The lowest BCUT2D eigenvalue weighted by Crippen LogP contribution is -2.34. The van der Waals surface area contributed by atoms with Crippen LogP contribution in [-0.2, 0) is 27.1 Å². The summed E-state index contributed by atoms with van der Waals surface area (Å²) < 4.78 is 50.0. The highest BCUT2D eigenvalue weighted by atomic mass is 19.4. The van der Waals surface area contributed by atoms with E-state index in [0.29, 0.717) is 47.5 Å². The van der Waals surface area contributed by atoms with E-state index in [-0.39, 0.29) is 18.0 Å². The van der Waals surface area contributed by atoms with Crippen LogP contribution in [0.25, 0.3) is 0 Å². The van der Waals surface area contributed by atoms with Crippen LogP contribution in [0.15, 0.2) is 71.1 Å². The quantitative estimate of drug-likeness (QED) is 0.590. The fourth-order valence-electron chi connectivity index (χ4n) is 4.40. The number of carbonyl (C=O) groups excluding carboxylic acids is 2. The van der Waals surface area contributed by atoms with Crippen molar-refractivity contribution in [3.63, 3.8) is 0 Å². The molecule has 0 aromatic heterocycles. The van der Waals surface area contributed by atoms with E-state index in [1.807, 2.05) is 0 Å². The minimum Gasteiger partial charge on any atom is -0.497 e. The number of hydrogen-bond donors (Lipinski definition) is 1. The first-order chi connectivity index (χ1) is 16.2. The van der Waals surface area contributed by atoms with Gasteiger partial charge in [-0.1, -0.05) is 24.3 Å². The third kappa shape index (κ3) is 4.71. The number of ether oxygens (including phenoxy) is 2. The van der Waals surface area contributed by atoms with Gasteiger partial charge in [0.2, 0.25) is 0 Å². The molecule has 8 heteroatoms. The van der Waals surface area contributed by atoms with Crippen LogP contribution in [-0.4, -0.2) is 18.9 Å². The van der Waals surface area contributed by atoms with Crippen LogP contribution in [0.3, 0.4) is 0 Å². The third-order valence-corrected chi connectivity index (χ3v) is 6.10. The predicted octanol–water partition coefficient (Wildman–Crippen LogP) is 5.43. The molecule has 0 saturated carbocycles. The molecule has 4 rings (SSSR count). The molecule has 178 valence electrons. The summed E-state index contributed by atoms with van der Waals surface area (Å²) in [6.07, 6.45) is -2.85.